The van der Waals surface area contributed by atoms with Crippen molar-refractivity contribution in [3.05, 3.63) is 23.1 Å². The topological polar surface area (TPSA) is 41.8 Å². The summed E-state index contributed by atoms with van der Waals surface area (Å²) < 4.78 is 42.5. The van der Waals surface area contributed by atoms with Gasteiger partial charge >= 0.3 is 6.18 Å². The summed E-state index contributed by atoms with van der Waals surface area (Å²) in [7, 11) is 0. The van der Waals surface area contributed by atoms with Gasteiger partial charge in [0.15, 0.2) is 0 Å². The van der Waals surface area contributed by atoms with E-state index < -0.39 is 11.7 Å². The van der Waals surface area contributed by atoms with Crippen molar-refractivity contribution in [1.29, 1.82) is 0 Å². The molecule has 0 amide bonds. The van der Waals surface area contributed by atoms with Crippen LogP contribution in [0.3, 0.4) is 0 Å². The van der Waals surface area contributed by atoms with E-state index in [2.05, 4.69) is 11.7 Å². The molecule has 0 unspecified atom stereocenters. The average Bonchev–Trinajstić information content (AvgIpc) is 2.26. The van der Waals surface area contributed by atoms with Crippen molar-refractivity contribution < 1.29 is 23.0 Å². The second kappa shape index (κ2) is 7.20. The van der Waals surface area contributed by atoms with Gasteiger partial charge in [0.2, 0.25) is 5.88 Å². The highest BCUT2D eigenvalue weighted by Gasteiger charge is 2.30. The van der Waals surface area contributed by atoms with Gasteiger partial charge in [0.25, 0.3) is 0 Å². The van der Waals surface area contributed by atoms with Crippen LogP contribution < -0.4 is 0 Å². The van der Waals surface area contributed by atoms with E-state index in [9.17, 15) is 13.2 Å². The number of hydrogen-bond donors (Lipinski definition) is 1. The van der Waals surface area contributed by atoms with E-state index >= 15 is 0 Å². The Morgan fingerprint density at radius 3 is 2.33 bits per heavy atom. The molecule has 0 rings (SSSR count). The first-order valence-corrected chi connectivity index (χ1v) is 5.44. The molecule has 0 aromatic rings. The highest BCUT2D eigenvalue weighted by molar-refractivity contribution is 5.34. The molecule has 0 aliphatic rings. The molecule has 0 aliphatic carbocycles. The monoisotopic (exact) mass is 265 g/mol. The van der Waals surface area contributed by atoms with Crippen LogP contribution in [0.4, 0.5) is 13.2 Å². The Bertz CT molecular complexity index is 344. The number of rotatable bonds is 6. The Kier molecular flexibility index (Phi) is 6.68. The smallest absolute Gasteiger partial charge is 0.412 e. The van der Waals surface area contributed by atoms with E-state index in [4.69, 9.17) is 9.84 Å². The molecule has 0 atom stereocenters. The zero-order valence-corrected chi connectivity index (χ0v) is 10.7. The molecule has 104 valence electrons. The molecule has 3 nitrogen and oxygen atoms in total. The minimum absolute atomic E-state index is 0.0163. The minimum Gasteiger partial charge on any atom is -0.475 e. The lowest BCUT2D eigenvalue weighted by molar-refractivity contribution is -0.0914. The van der Waals surface area contributed by atoms with E-state index in [-0.39, 0.29) is 25.0 Å². The molecule has 0 aromatic carbocycles. The summed E-state index contributed by atoms with van der Waals surface area (Å²) in [5.74, 6) is -0.191. The molecule has 0 fully saturated rings. The Morgan fingerprint density at radius 2 is 2.00 bits per heavy atom. The standard InChI is InChI=1S/C12H18F3NO2/c1-8(2)10(7-9(3)12(13,14)15)11(16-4)18-6-5-17/h7-8,17H,4-6H2,1-3H3/b9-7+,11-10-. The van der Waals surface area contributed by atoms with Gasteiger partial charge in [0, 0.05) is 11.1 Å². The molecule has 0 heterocycles. The maximum atomic E-state index is 12.5. The van der Waals surface area contributed by atoms with Gasteiger partial charge in [-0.1, -0.05) is 13.8 Å². The van der Waals surface area contributed by atoms with Gasteiger partial charge in [0.1, 0.15) is 6.61 Å². The van der Waals surface area contributed by atoms with Gasteiger partial charge in [-0.2, -0.15) is 13.2 Å². The van der Waals surface area contributed by atoms with E-state index in [0.717, 1.165) is 13.0 Å². The maximum Gasteiger partial charge on any atom is 0.412 e. The highest BCUT2D eigenvalue weighted by atomic mass is 19.4. The number of aliphatic imine (C=N–C) groups is 1. The first-order valence-electron chi connectivity index (χ1n) is 5.44. The summed E-state index contributed by atoms with van der Waals surface area (Å²) in [5.41, 5.74) is -0.437. The fraction of sp³-hybridized carbons (Fsp3) is 0.583. The molecule has 18 heavy (non-hydrogen) atoms. The fourth-order valence-corrected chi connectivity index (χ4v) is 1.15. The van der Waals surface area contributed by atoms with E-state index in [0.29, 0.717) is 5.57 Å². The molecule has 0 spiro atoms. The zero-order valence-electron chi connectivity index (χ0n) is 10.7. The molecular weight excluding hydrogens is 247 g/mol. The van der Waals surface area contributed by atoms with E-state index in [1.165, 1.54) is 0 Å². The van der Waals surface area contributed by atoms with Gasteiger partial charge in [-0.05, 0) is 25.6 Å². The van der Waals surface area contributed by atoms with Crippen LogP contribution in [-0.4, -0.2) is 31.2 Å². The summed E-state index contributed by atoms with van der Waals surface area (Å²) in [4.78, 5) is 3.57. The predicted molar refractivity (Wildman–Crippen MR) is 64.3 cm³/mol. The van der Waals surface area contributed by atoms with Crippen LogP contribution in [0.25, 0.3) is 0 Å². The largest absolute Gasteiger partial charge is 0.475 e. The summed E-state index contributed by atoms with van der Waals surface area (Å²) in [6.07, 6.45) is -3.39. The van der Waals surface area contributed by atoms with Crippen LogP contribution in [0, 0.1) is 5.92 Å². The van der Waals surface area contributed by atoms with Crippen LogP contribution in [0.1, 0.15) is 20.8 Å². The van der Waals surface area contributed by atoms with Crippen molar-refractivity contribution in [2.24, 2.45) is 10.9 Å². The Morgan fingerprint density at radius 1 is 1.44 bits per heavy atom. The van der Waals surface area contributed by atoms with Crippen molar-refractivity contribution in [1.82, 2.24) is 0 Å². The third-order valence-corrected chi connectivity index (χ3v) is 2.16. The molecule has 0 saturated carbocycles. The molecule has 0 saturated heterocycles. The van der Waals surface area contributed by atoms with Crippen molar-refractivity contribution in [3.63, 3.8) is 0 Å². The van der Waals surface area contributed by atoms with Crippen molar-refractivity contribution in [3.8, 4) is 0 Å². The number of halogens is 3. The predicted octanol–water partition coefficient (Wildman–Crippen LogP) is 3.07. The molecule has 6 heteroatoms. The number of allylic oxidation sites excluding steroid dienone is 3. The van der Waals surface area contributed by atoms with Gasteiger partial charge < -0.3 is 9.84 Å². The number of hydrogen-bond acceptors (Lipinski definition) is 3. The van der Waals surface area contributed by atoms with Crippen LogP contribution in [0.2, 0.25) is 0 Å². The second-order valence-corrected chi connectivity index (χ2v) is 3.97. The zero-order chi connectivity index (χ0) is 14.3. The van der Waals surface area contributed by atoms with Gasteiger partial charge in [-0.15, -0.1) is 0 Å². The lowest BCUT2D eigenvalue weighted by Gasteiger charge is -2.14. The average molecular weight is 265 g/mol. The van der Waals surface area contributed by atoms with Crippen molar-refractivity contribution >= 4 is 6.72 Å². The van der Waals surface area contributed by atoms with E-state index in [1.54, 1.807) is 13.8 Å². The SMILES string of the molecule is C=N/C(OCCO)=C(\C=C(/C)C(F)(F)F)C(C)C. The fourth-order valence-electron chi connectivity index (χ4n) is 1.15. The first kappa shape index (κ1) is 16.7. The van der Waals surface area contributed by atoms with Gasteiger partial charge in [-0.25, -0.2) is 4.99 Å². The molecule has 0 aliphatic heterocycles. The number of ether oxygens (including phenoxy) is 1. The summed E-state index contributed by atoms with van der Waals surface area (Å²) >= 11 is 0. The summed E-state index contributed by atoms with van der Waals surface area (Å²) in [6, 6.07) is 0. The lowest BCUT2D eigenvalue weighted by Crippen LogP contribution is -2.11. The molecule has 1 N–H and O–H groups in total. The number of aliphatic hydroxyl groups excluding tert-OH is 1. The summed E-state index contributed by atoms with van der Waals surface area (Å²) in [5, 5.41) is 8.64. The van der Waals surface area contributed by atoms with Crippen molar-refractivity contribution in [2.45, 2.75) is 26.9 Å². The van der Waals surface area contributed by atoms with Gasteiger partial charge in [0.05, 0.1) is 6.61 Å². The van der Waals surface area contributed by atoms with Crippen LogP contribution in [0.15, 0.2) is 28.1 Å². The minimum atomic E-state index is -4.39. The number of aliphatic hydroxyl groups is 1. The van der Waals surface area contributed by atoms with Gasteiger partial charge in [-0.3, -0.25) is 0 Å². The Labute approximate surface area is 105 Å². The van der Waals surface area contributed by atoms with Crippen molar-refractivity contribution in [2.75, 3.05) is 13.2 Å². The number of alkyl halides is 3. The third-order valence-electron chi connectivity index (χ3n) is 2.16. The maximum absolute atomic E-state index is 12.5. The first-order chi connectivity index (χ1) is 8.23. The number of nitrogens with zero attached hydrogens (tertiary/aromatic N) is 1. The quantitative estimate of drug-likeness (QED) is 0.455. The van der Waals surface area contributed by atoms with E-state index in [1.807, 2.05) is 0 Å². The molecule has 0 bridgehead atoms. The van der Waals surface area contributed by atoms with Crippen LogP contribution in [-0.2, 0) is 4.74 Å². The third kappa shape index (κ3) is 5.35. The molecule has 0 radical (unpaired) electrons. The molecular formula is C12H18F3NO2. The molecule has 0 aromatic heterocycles. The Hall–Kier alpha value is -1.30. The normalized spacial score (nSPS) is 14.6. The lowest BCUT2D eigenvalue weighted by atomic mass is 10.0. The Balaban J connectivity index is 5.41. The van der Waals surface area contributed by atoms with Crippen LogP contribution >= 0.6 is 0 Å². The van der Waals surface area contributed by atoms with Crippen LogP contribution in [0.5, 0.6) is 0 Å². The summed E-state index contributed by atoms with van der Waals surface area (Å²) in [6.45, 7) is 7.41. The second-order valence-electron chi connectivity index (χ2n) is 3.97. The highest BCUT2D eigenvalue weighted by Crippen LogP contribution is 2.29.